The molecule has 3 aromatic heterocycles. The molecule has 0 aliphatic carbocycles. The zero-order chi connectivity index (χ0) is 36.7. The molecule has 0 bridgehead atoms. The average molecular weight is 731 g/mol. The summed E-state index contributed by atoms with van der Waals surface area (Å²) in [6.07, 6.45) is 0. The third-order valence-corrected chi connectivity index (χ3v) is 12.5. The Hall–Kier alpha value is -7.21. The Bertz CT molecular complexity index is 3460. The topological polar surface area (TPSA) is 43.6 Å². The molecule has 9 aromatic carbocycles. The average Bonchev–Trinajstić information content (AvgIpc) is 3.82. The molecule has 12 rings (SSSR count). The van der Waals surface area contributed by atoms with Crippen molar-refractivity contribution >= 4 is 85.6 Å². The molecule has 0 spiro atoms. The van der Waals surface area contributed by atoms with E-state index in [0.29, 0.717) is 17.6 Å². The fourth-order valence-electron chi connectivity index (χ4n) is 8.69. The summed E-state index contributed by atoms with van der Waals surface area (Å²) in [5.41, 5.74) is 6.48. The van der Waals surface area contributed by atoms with Gasteiger partial charge in [0.25, 0.3) is 0 Å². The van der Waals surface area contributed by atoms with Crippen molar-refractivity contribution in [2.75, 3.05) is 0 Å². The SMILES string of the molecule is c1ccc(-c2nc(-c3ccc4sc5c(-c6ccc7c8ccccc8c8ccccc8c7c6)cccc5c4c3)nc(-n3c4ccccc4c4ccccc43)n2)cc1. The standard InChI is InChI=1S/C51H30N4S/c1-2-13-31(14-3-1)49-52-50(54-51(53-49)55-45-23-10-8-19-40(45)41-20-9-11-24-46(41)55)33-26-28-47-44(30-33)42-22-12-21-34(48(42)56-47)32-25-27-39-37-17-5-4-15-35(37)36-16-6-7-18-38(36)43(39)29-32/h1-30H. The number of fused-ring (bicyclic) bond motifs is 12. The van der Waals surface area contributed by atoms with Crippen LogP contribution in [0.5, 0.6) is 0 Å². The van der Waals surface area contributed by atoms with Crippen molar-refractivity contribution < 1.29 is 0 Å². The number of nitrogens with zero attached hydrogens (tertiary/aromatic N) is 4. The molecule has 3 heterocycles. The first kappa shape index (κ1) is 31.2. The lowest BCUT2D eigenvalue weighted by Gasteiger charge is -2.12. The van der Waals surface area contributed by atoms with Crippen molar-refractivity contribution in [3.8, 4) is 39.9 Å². The van der Waals surface area contributed by atoms with E-state index in [9.17, 15) is 0 Å². The summed E-state index contributed by atoms with van der Waals surface area (Å²) in [6, 6.07) is 65.0. The molecule has 0 saturated heterocycles. The Morgan fingerprint density at radius 1 is 0.339 bits per heavy atom. The minimum absolute atomic E-state index is 0.598. The van der Waals surface area contributed by atoms with E-state index in [-0.39, 0.29) is 0 Å². The van der Waals surface area contributed by atoms with Gasteiger partial charge in [-0.05, 0) is 79.8 Å². The molecule has 0 radical (unpaired) electrons. The van der Waals surface area contributed by atoms with Crippen LogP contribution in [-0.2, 0) is 0 Å². The summed E-state index contributed by atoms with van der Waals surface area (Å²) in [4.78, 5) is 15.5. The van der Waals surface area contributed by atoms with Gasteiger partial charge in [0.1, 0.15) is 0 Å². The van der Waals surface area contributed by atoms with Gasteiger partial charge < -0.3 is 0 Å². The predicted molar refractivity (Wildman–Crippen MR) is 236 cm³/mol. The van der Waals surface area contributed by atoms with E-state index in [1.807, 2.05) is 29.5 Å². The minimum atomic E-state index is 0.598. The van der Waals surface area contributed by atoms with E-state index >= 15 is 0 Å². The largest absolute Gasteiger partial charge is 0.278 e. The van der Waals surface area contributed by atoms with Gasteiger partial charge in [-0.25, -0.2) is 4.98 Å². The Labute approximate surface area is 325 Å². The lowest BCUT2D eigenvalue weighted by molar-refractivity contribution is 0.954. The van der Waals surface area contributed by atoms with E-state index in [0.717, 1.165) is 22.2 Å². The number of para-hydroxylation sites is 2. The smallest absolute Gasteiger partial charge is 0.238 e. The summed E-state index contributed by atoms with van der Waals surface area (Å²) >= 11 is 1.85. The quantitative estimate of drug-likeness (QED) is 0.169. The molecule has 56 heavy (non-hydrogen) atoms. The highest BCUT2D eigenvalue weighted by Crippen LogP contribution is 2.43. The van der Waals surface area contributed by atoms with Crippen LogP contribution in [0, 0.1) is 0 Å². The Kier molecular flexibility index (Phi) is 6.76. The van der Waals surface area contributed by atoms with Crippen LogP contribution in [0.15, 0.2) is 182 Å². The molecule has 0 aliphatic rings. The summed E-state index contributed by atoms with van der Waals surface area (Å²) in [5.74, 6) is 1.88. The second kappa shape index (κ2) is 12.2. The van der Waals surface area contributed by atoms with E-state index in [2.05, 4.69) is 168 Å². The van der Waals surface area contributed by atoms with Crippen LogP contribution in [0.25, 0.3) is 114 Å². The van der Waals surface area contributed by atoms with Gasteiger partial charge in [0.2, 0.25) is 5.95 Å². The Balaban J connectivity index is 1.05. The second-order valence-electron chi connectivity index (χ2n) is 14.4. The molecule has 0 atom stereocenters. The van der Waals surface area contributed by atoms with Crippen LogP contribution >= 0.6 is 11.3 Å². The maximum atomic E-state index is 5.23. The highest BCUT2D eigenvalue weighted by molar-refractivity contribution is 7.26. The zero-order valence-corrected chi connectivity index (χ0v) is 30.8. The monoisotopic (exact) mass is 730 g/mol. The summed E-state index contributed by atoms with van der Waals surface area (Å²) < 4.78 is 4.67. The fraction of sp³-hybridized carbons (Fsp3) is 0. The van der Waals surface area contributed by atoms with Gasteiger partial charge in [-0.1, -0.05) is 146 Å². The van der Waals surface area contributed by atoms with Crippen molar-refractivity contribution in [3.05, 3.63) is 182 Å². The number of hydrogen-bond acceptors (Lipinski definition) is 4. The van der Waals surface area contributed by atoms with Crippen LogP contribution in [0.1, 0.15) is 0 Å². The van der Waals surface area contributed by atoms with Gasteiger partial charge in [-0.2, -0.15) is 9.97 Å². The first-order valence-electron chi connectivity index (χ1n) is 18.9. The van der Waals surface area contributed by atoms with E-state index in [1.165, 1.54) is 74.4 Å². The third-order valence-electron chi connectivity index (χ3n) is 11.2. The number of rotatable bonds is 4. The molecule has 260 valence electrons. The maximum absolute atomic E-state index is 5.23. The van der Waals surface area contributed by atoms with Crippen LogP contribution in [0.3, 0.4) is 0 Å². The zero-order valence-electron chi connectivity index (χ0n) is 30.0. The van der Waals surface area contributed by atoms with Crippen molar-refractivity contribution in [1.29, 1.82) is 0 Å². The number of aromatic nitrogens is 4. The molecule has 0 amide bonds. The highest BCUT2D eigenvalue weighted by Gasteiger charge is 2.19. The summed E-state index contributed by atoms with van der Waals surface area (Å²) in [7, 11) is 0. The van der Waals surface area contributed by atoms with Gasteiger partial charge in [0.05, 0.1) is 11.0 Å². The van der Waals surface area contributed by atoms with Gasteiger partial charge in [0.15, 0.2) is 11.6 Å². The van der Waals surface area contributed by atoms with Crippen molar-refractivity contribution in [2.45, 2.75) is 0 Å². The molecular formula is C51H30N4S. The van der Waals surface area contributed by atoms with E-state index in [1.54, 1.807) is 0 Å². The first-order chi connectivity index (χ1) is 27.8. The molecule has 0 saturated carbocycles. The van der Waals surface area contributed by atoms with Crippen LogP contribution in [-0.4, -0.2) is 19.5 Å². The molecule has 4 nitrogen and oxygen atoms in total. The van der Waals surface area contributed by atoms with Crippen LogP contribution in [0.2, 0.25) is 0 Å². The molecular weight excluding hydrogens is 701 g/mol. The first-order valence-corrected chi connectivity index (χ1v) is 19.7. The molecule has 0 unspecified atom stereocenters. The predicted octanol–water partition coefficient (Wildman–Crippen LogP) is 13.8. The molecule has 0 N–H and O–H groups in total. The van der Waals surface area contributed by atoms with Crippen LogP contribution in [0.4, 0.5) is 0 Å². The van der Waals surface area contributed by atoms with Gasteiger partial charge in [0, 0.05) is 42.1 Å². The molecule has 0 aliphatic heterocycles. The normalized spacial score (nSPS) is 11.9. The lowest BCUT2D eigenvalue weighted by atomic mass is 9.92. The van der Waals surface area contributed by atoms with Gasteiger partial charge >= 0.3 is 0 Å². The number of benzene rings is 9. The van der Waals surface area contributed by atoms with Crippen molar-refractivity contribution in [2.24, 2.45) is 0 Å². The Morgan fingerprint density at radius 2 is 0.857 bits per heavy atom. The fourth-order valence-corrected chi connectivity index (χ4v) is 9.91. The minimum Gasteiger partial charge on any atom is -0.278 e. The maximum Gasteiger partial charge on any atom is 0.238 e. The summed E-state index contributed by atoms with van der Waals surface area (Å²) in [6.45, 7) is 0. The summed E-state index contributed by atoms with van der Waals surface area (Å²) in [5, 5.41) is 12.5. The lowest BCUT2D eigenvalue weighted by Crippen LogP contribution is -2.06. The molecule has 5 heteroatoms. The van der Waals surface area contributed by atoms with Gasteiger partial charge in [-0.15, -0.1) is 11.3 Å². The van der Waals surface area contributed by atoms with Crippen molar-refractivity contribution in [1.82, 2.24) is 19.5 Å². The third kappa shape index (κ3) is 4.68. The van der Waals surface area contributed by atoms with Gasteiger partial charge in [-0.3, -0.25) is 4.57 Å². The number of hydrogen-bond donors (Lipinski definition) is 0. The van der Waals surface area contributed by atoms with E-state index < -0.39 is 0 Å². The second-order valence-corrected chi connectivity index (χ2v) is 15.4. The van der Waals surface area contributed by atoms with Crippen molar-refractivity contribution in [3.63, 3.8) is 0 Å². The van der Waals surface area contributed by atoms with E-state index in [4.69, 9.17) is 15.0 Å². The highest BCUT2D eigenvalue weighted by atomic mass is 32.1. The molecule has 0 fully saturated rings. The van der Waals surface area contributed by atoms with Crippen LogP contribution < -0.4 is 0 Å². The molecule has 12 aromatic rings. The Morgan fingerprint density at radius 3 is 1.54 bits per heavy atom. The number of thiophene rings is 1.